The SMILES string of the molecule is Clc1ccc2nc(NI)oc2c1. The molecule has 0 spiro atoms. The van der Waals surface area contributed by atoms with E-state index in [9.17, 15) is 0 Å². The molecule has 0 saturated heterocycles. The molecular weight excluding hydrogens is 290 g/mol. The Kier molecular flexibility index (Phi) is 2.10. The molecule has 1 aromatic carbocycles. The Morgan fingerprint density at radius 1 is 1.50 bits per heavy atom. The van der Waals surface area contributed by atoms with E-state index < -0.39 is 0 Å². The van der Waals surface area contributed by atoms with E-state index in [4.69, 9.17) is 16.0 Å². The first-order valence-corrected chi connectivity index (χ1v) is 4.68. The van der Waals surface area contributed by atoms with Crippen LogP contribution in [0.5, 0.6) is 0 Å². The van der Waals surface area contributed by atoms with Crippen LogP contribution in [-0.2, 0) is 0 Å². The Hall–Kier alpha value is -0.490. The molecule has 0 bridgehead atoms. The predicted molar refractivity (Wildman–Crippen MR) is 56.7 cm³/mol. The van der Waals surface area contributed by atoms with Crippen molar-refractivity contribution in [2.75, 3.05) is 3.53 Å². The third-order valence-electron chi connectivity index (χ3n) is 1.43. The van der Waals surface area contributed by atoms with Crippen molar-refractivity contribution in [3.05, 3.63) is 23.2 Å². The number of nitrogens with one attached hydrogen (secondary N) is 1. The average Bonchev–Trinajstić information content (AvgIpc) is 2.46. The molecule has 3 nitrogen and oxygen atoms in total. The molecule has 1 N–H and O–H groups in total. The van der Waals surface area contributed by atoms with Crippen molar-refractivity contribution >= 4 is 51.6 Å². The van der Waals surface area contributed by atoms with Gasteiger partial charge in [0.05, 0.1) is 22.9 Å². The first-order chi connectivity index (χ1) is 5.79. The maximum Gasteiger partial charge on any atom is 0.304 e. The van der Waals surface area contributed by atoms with Crippen LogP contribution in [0.3, 0.4) is 0 Å². The second kappa shape index (κ2) is 3.10. The second-order valence-corrected chi connectivity index (χ2v) is 3.20. The van der Waals surface area contributed by atoms with Gasteiger partial charge in [-0.15, -0.1) is 0 Å². The highest BCUT2D eigenvalue weighted by atomic mass is 127. The molecule has 0 unspecified atom stereocenters. The van der Waals surface area contributed by atoms with E-state index in [-0.39, 0.29) is 0 Å². The molecule has 2 aromatic rings. The summed E-state index contributed by atoms with van der Waals surface area (Å²) < 4.78 is 8.07. The summed E-state index contributed by atoms with van der Waals surface area (Å²) in [7, 11) is 0. The van der Waals surface area contributed by atoms with Crippen molar-refractivity contribution in [1.82, 2.24) is 4.98 Å². The Morgan fingerprint density at radius 3 is 3.08 bits per heavy atom. The minimum absolute atomic E-state index is 0.493. The van der Waals surface area contributed by atoms with Gasteiger partial charge >= 0.3 is 6.01 Å². The van der Waals surface area contributed by atoms with Crippen LogP contribution < -0.4 is 3.53 Å². The van der Waals surface area contributed by atoms with Crippen molar-refractivity contribution < 1.29 is 4.42 Å². The van der Waals surface area contributed by atoms with E-state index in [1.54, 1.807) is 12.1 Å². The summed E-state index contributed by atoms with van der Waals surface area (Å²) in [5, 5.41) is 0.652. The first kappa shape index (κ1) is 8.12. The molecule has 1 aromatic heterocycles. The quantitative estimate of drug-likeness (QED) is 0.648. The van der Waals surface area contributed by atoms with Crippen molar-refractivity contribution in [2.45, 2.75) is 0 Å². The van der Waals surface area contributed by atoms with Crippen LogP contribution >= 0.6 is 34.5 Å². The minimum Gasteiger partial charge on any atom is -0.423 e. The average molecular weight is 294 g/mol. The van der Waals surface area contributed by atoms with E-state index in [0.717, 1.165) is 5.52 Å². The zero-order chi connectivity index (χ0) is 8.55. The van der Waals surface area contributed by atoms with Gasteiger partial charge in [-0.3, -0.25) is 3.53 Å². The zero-order valence-electron chi connectivity index (χ0n) is 5.84. The number of anilines is 1. The lowest BCUT2D eigenvalue weighted by Crippen LogP contribution is -1.74. The molecule has 0 aliphatic carbocycles. The molecule has 0 atom stereocenters. The maximum atomic E-state index is 5.76. The van der Waals surface area contributed by atoms with Crippen LogP contribution in [0.25, 0.3) is 11.1 Å². The topological polar surface area (TPSA) is 38.1 Å². The molecule has 62 valence electrons. The number of hydrogen-bond donors (Lipinski definition) is 1. The van der Waals surface area contributed by atoms with Gasteiger partial charge in [0.1, 0.15) is 5.52 Å². The lowest BCUT2D eigenvalue weighted by atomic mass is 10.3. The van der Waals surface area contributed by atoms with E-state index in [2.05, 4.69) is 8.51 Å². The standard InChI is InChI=1S/C7H4ClIN2O/c8-4-1-2-5-6(3-4)12-7(10-5)11-9/h1-3H,(H,10,11). The summed E-state index contributed by atoms with van der Waals surface area (Å²) in [6.45, 7) is 0. The van der Waals surface area contributed by atoms with E-state index in [0.29, 0.717) is 16.6 Å². The van der Waals surface area contributed by atoms with Crippen molar-refractivity contribution in [3.8, 4) is 0 Å². The molecule has 0 amide bonds. The Balaban J connectivity index is 2.67. The van der Waals surface area contributed by atoms with Gasteiger partial charge in [-0.05, 0) is 12.1 Å². The summed E-state index contributed by atoms with van der Waals surface area (Å²) in [5.74, 6) is 0. The second-order valence-electron chi connectivity index (χ2n) is 2.23. The Morgan fingerprint density at radius 2 is 2.33 bits per heavy atom. The van der Waals surface area contributed by atoms with Crippen LogP contribution in [0.15, 0.2) is 22.6 Å². The molecule has 0 radical (unpaired) electrons. The van der Waals surface area contributed by atoms with Gasteiger partial charge < -0.3 is 4.42 Å². The maximum absolute atomic E-state index is 5.76. The number of benzene rings is 1. The van der Waals surface area contributed by atoms with Gasteiger partial charge in [0.15, 0.2) is 5.58 Å². The number of fused-ring (bicyclic) bond motifs is 1. The molecular formula is C7H4ClIN2O. The van der Waals surface area contributed by atoms with Gasteiger partial charge in [-0.2, -0.15) is 4.98 Å². The molecule has 0 fully saturated rings. The zero-order valence-corrected chi connectivity index (χ0v) is 8.76. The molecule has 12 heavy (non-hydrogen) atoms. The number of halogens is 2. The minimum atomic E-state index is 0.493. The van der Waals surface area contributed by atoms with Gasteiger partial charge in [0, 0.05) is 11.1 Å². The van der Waals surface area contributed by atoms with Crippen LogP contribution in [0, 0.1) is 0 Å². The first-order valence-electron chi connectivity index (χ1n) is 3.22. The fourth-order valence-corrected chi connectivity index (χ4v) is 1.33. The number of hydrogen-bond acceptors (Lipinski definition) is 3. The lowest BCUT2D eigenvalue weighted by Gasteiger charge is -1.85. The molecule has 1 heterocycles. The Labute approximate surface area is 87.6 Å². The fourth-order valence-electron chi connectivity index (χ4n) is 0.939. The van der Waals surface area contributed by atoms with Gasteiger partial charge in [-0.25, -0.2) is 0 Å². The lowest BCUT2D eigenvalue weighted by molar-refractivity contribution is 0.628. The van der Waals surface area contributed by atoms with Crippen LogP contribution in [0.2, 0.25) is 5.02 Å². The van der Waals surface area contributed by atoms with E-state index in [1.807, 2.05) is 28.9 Å². The van der Waals surface area contributed by atoms with Crippen LogP contribution in [0.4, 0.5) is 6.01 Å². The van der Waals surface area contributed by atoms with Gasteiger partial charge in [-0.1, -0.05) is 11.6 Å². The van der Waals surface area contributed by atoms with Crippen LogP contribution in [-0.4, -0.2) is 4.98 Å². The highest BCUT2D eigenvalue weighted by Crippen LogP contribution is 2.22. The van der Waals surface area contributed by atoms with Crippen LogP contribution in [0.1, 0.15) is 0 Å². The number of nitrogens with zero attached hydrogens (tertiary/aromatic N) is 1. The molecule has 0 aliphatic rings. The molecule has 2 rings (SSSR count). The third kappa shape index (κ3) is 1.36. The normalized spacial score (nSPS) is 10.5. The molecule has 5 heteroatoms. The summed E-state index contributed by atoms with van der Waals surface area (Å²) in [6.07, 6.45) is 0. The van der Waals surface area contributed by atoms with Crippen molar-refractivity contribution in [1.29, 1.82) is 0 Å². The van der Waals surface area contributed by atoms with Gasteiger partial charge in [0.2, 0.25) is 0 Å². The van der Waals surface area contributed by atoms with Crippen molar-refractivity contribution in [3.63, 3.8) is 0 Å². The summed E-state index contributed by atoms with van der Waals surface area (Å²) in [6, 6.07) is 5.83. The summed E-state index contributed by atoms with van der Waals surface area (Å²) in [4.78, 5) is 4.13. The molecule has 0 saturated carbocycles. The summed E-state index contributed by atoms with van der Waals surface area (Å²) in [5.41, 5.74) is 1.50. The van der Waals surface area contributed by atoms with Crippen molar-refractivity contribution in [2.24, 2.45) is 0 Å². The Bertz CT molecular complexity index is 415. The third-order valence-corrected chi connectivity index (χ3v) is 2.13. The predicted octanol–water partition coefficient (Wildman–Crippen LogP) is 3.24. The summed E-state index contributed by atoms with van der Waals surface area (Å²) >= 11 is 7.72. The van der Waals surface area contributed by atoms with Gasteiger partial charge in [0.25, 0.3) is 0 Å². The molecule has 0 aliphatic heterocycles. The highest BCUT2D eigenvalue weighted by Gasteiger charge is 2.03. The van der Waals surface area contributed by atoms with E-state index in [1.165, 1.54) is 0 Å². The highest BCUT2D eigenvalue weighted by molar-refractivity contribution is 14.1. The number of oxazole rings is 1. The number of aromatic nitrogens is 1. The largest absolute Gasteiger partial charge is 0.423 e. The monoisotopic (exact) mass is 294 g/mol. The van der Waals surface area contributed by atoms with E-state index >= 15 is 0 Å². The number of rotatable bonds is 1. The smallest absolute Gasteiger partial charge is 0.304 e. The fraction of sp³-hybridized carbons (Fsp3) is 0.